The van der Waals surface area contributed by atoms with E-state index in [1.807, 2.05) is 0 Å². The van der Waals surface area contributed by atoms with Gasteiger partial charge in [-0.25, -0.2) is 18.8 Å². The van der Waals surface area contributed by atoms with Crippen molar-refractivity contribution in [2.24, 2.45) is 10.7 Å². The van der Waals surface area contributed by atoms with E-state index in [-0.39, 0.29) is 24.1 Å². The third-order valence-electron chi connectivity index (χ3n) is 2.95. The van der Waals surface area contributed by atoms with E-state index in [2.05, 4.69) is 20.0 Å². The van der Waals surface area contributed by atoms with Gasteiger partial charge >= 0.3 is 6.36 Å². The molecule has 0 aliphatic carbocycles. The molecule has 1 aromatic carbocycles. The number of hydrogen-bond acceptors (Lipinski definition) is 4. The summed E-state index contributed by atoms with van der Waals surface area (Å²) in [5.74, 6) is -0.321. The van der Waals surface area contributed by atoms with Crippen LogP contribution in [0.4, 0.5) is 27.6 Å². The van der Waals surface area contributed by atoms with Crippen molar-refractivity contribution in [2.75, 3.05) is 11.9 Å². The van der Waals surface area contributed by atoms with Crippen molar-refractivity contribution in [2.45, 2.75) is 19.3 Å². The molecule has 0 bridgehead atoms. The van der Waals surface area contributed by atoms with Gasteiger partial charge in [-0.1, -0.05) is 0 Å². The Kier molecular flexibility index (Phi) is 6.74. The molecule has 0 unspecified atom stereocenters. The minimum Gasteiger partial charge on any atom is -0.472 e. The van der Waals surface area contributed by atoms with E-state index in [1.165, 1.54) is 24.4 Å². The summed E-state index contributed by atoms with van der Waals surface area (Å²) < 4.78 is 69.1. The van der Waals surface area contributed by atoms with Gasteiger partial charge in [-0.15, -0.1) is 13.2 Å². The molecule has 0 atom stereocenters. The van der Waals surface area contributed by atoms with E-state index in [9.17, 15) is 22.0 Å². The van der Waals surface area contributed by atoms with Crippen molar-refractivity contribution >= 4 is 11.6 Å². The van der Waals surface area contributed by atoms with Crippen LogP contribution in [0.5, 0.6) is 11.6 Å². The number of guanidine groups is 1. The van der Waals surface area contributed by atoms with Crippen molar-refractivity contribution < 1.29 is 31.4 Å². The molecule has 0 radical (unpaired) electrons. The Balaban J connectivity index is 1.91. The van der Waals surface area contributed by atoms with Crippen molar-refractivity contribution in [3.8, 4) is 11.6 Å². The average Bonchev–Trinajstić information content (AvgIpc) is 2.59. The van der Waals surface area contributed by atoms with Crippen LogP contribution in [-0.2, 0) is 6.54 Å². The van der Waals surface area contributed by atoms with Gasteiger partial charge in [0.2, 0.25) is 5.88 Å². The number of hydrogen-bond donors (Lipinski definition) is 2. The fraction of sp³-hybridized carbons (Fsp3) is 0.250. The molecular weight excluding hydrogens is 375 g/mol. The highest BCUT2D eigenvalue weighted by Gasteiger charge is 2.30. The van der Waals surface area contributed by atoms with Crippen LogP contribution in [0.1, 0.15) is 5.56 Å². The zero-order valence-electron chi connectivity index (χ0n) is 13.7. The first kappa shape index (κ1) is 20.2. The number of pyridine rings is 1. The van der Waals surface area contributed by atoms with Crippen LogP contribution >= 0.6 is 0 Å². The fourth-order valence-corrected chi connectivity index (χ4v) is 1.88. The number of alkyl halides is 5. The van der Waals surface area contributed by atoms with E-state index < -0.39 is 19.4 Å². The molecule has 0 aliphatic rings. The van der Waals surface area contributed by atoms with Gasteiger partial charge < -0.3 is 20.5 Å². The molecule has 3 N–H and O–H groups in total. The van der Waals surface area contributed by atoms with Gasteiger partial charge in [-0.2, -0.15) is 0 Å². The lowest BCUT2D eigenvalue weighted by Crippen LogP contribution is -2.22. The van der Waals surface area contributed by atoms with Crippen LogP contribution < -0.4 is 20.5 Å². The molecule has 0 amide bonds. The predicted molar refractivity (Wildman–Crippen MR) is 87.8 cm³/mol. The highest BCUT2D eigenvalue weighted by molar-refractivity contribution is 5.92. The van der Waals surface area contributed by atoms with Gasteiger partial charge in [-0.05, 0) is 35.9 Å². The lowest BCUT2D eigenvalue weighted by Gasteiger charge is -2.10. The SMILES string of the molecule is NC(=NCc1ccnc(OCC(F)F)c1)Nc1ccc(OC(F)(F)F)cc1. The molecule has 0 saturated heterocycles. The third-order valence-corrected chi connectivity index (χ3v) is 2.95. The molecule has 1 heterocycles. The van der Waals surface area contributed by atoms with Crippen LogP contribution in [0.15, 0.2) is 47.6 Å². The number of benzene rings is 1. The Morgan fingerprint density at radius 2 is 1.89 bits per heavy atom. The second kappa shape index (κ2) is 9.01. The lowest BCUT2D eigenvalue weighted by atomic mass is 10.3. The molecule has 2 aromatic rings. The lowest BCUT2D eigenvalue weighted by molar-refractivity contribution is -0.274. The molecule has 146 valence electrons. The van der Waals surface area contributed by atoms with E-state index in [4.69, 9.17) is 10.5 Å². The largest absolute Gasteiger partial charge is 0.573 e. The summed E-state index contributed by atoms with van der Waals surface area (Å²) in [4.78, 5) is 7.85. The molecule has 6 nitrogen and oxygen atoms in total. The maximum absolute atomic E-state index is 12.1. The molecule has 0 saturated carbocycles. The van der Waals surface area contributed by atoms with Crippen LogP contribution in [0.25, 0.3) is 0 Å². The topological polar surface area (TPSA) is 81.8 Å². The van der Waals surface area contributed by atoms with Crippen LogP contribution in [0.3, 0.4) is 0 Å². The Labute approximate surface area is 150 Å². The van der Waals surface area contributed by atoms with Crippen LogP contribution in [-0.4, -0.2) is 30.3 Å². The van der Waals surface area contributed by atoms with E-state index >= 15 is 0 Å². The standard InChI is InChI=1S/C16H15F5N4O2/c17-13(18)9-26-14-7-10(5-6-23-14)8-24-15(22)25-11-1-3-12(4-2-11)27-16(19,20)21/h1-7,13H,8-9H2,(H3,22,24,25). The quantitative estimate of drug-likeness (QED) is 0.429. The fourth-order valence-electron chi connectivity index (χ4n) is 1.88. The monoisotopic (exact) mass is 390 g/mol. The van der Waals surface area contributed by atoms with Gasteiger partial charge in [0, 0.05) is 18.0 Å². The minimum atomic E-state index is -4.77. The highest BCUT2D eigenvalue weighted by Crippen LogP contribution is 2.23. The smallest absolute Gasteiger partial charge is 0.472 e. The Morgan fingerprint density at radius 1 is 1.19 bits per heavy atom. The number of ether oxygens (including phenoxy) is 2. The summed E-state index contributed by atoms with van der Waals surface area (Å²) >= 11 is 0. The van der Waals surface area contributed by atoms with E-state index in [1.54, 1.807) is 6.07 Å². The summed E-state index contributed by atoms with van der Waals surface area (Å²) in [6.45, 7) is -0.654. The number of rotatable bonds is 7. The number of anilines is 1. The second-order valence-electron chi connectivity index (χ2n) is 5.10. The summed E-state index contributed by atoms with van der Waals surface area (Å²) in [7, 11) is 0. The van der Waals surface area contributed by atoms with E-state index in [0.29, 0.717) is 11.3 Å². The zero-order valence-corrected chi connectivity index (χ0v) is 13.7. The first-order chi connectivity index (χ1) is 12.7. The maximum Gasteiger partial charge on any atom is 0.573 e. The molecule has 2 rings (SSSR count). The number of aromatic nitrogens is 1. The van der Waals surface area contributed by atoms with Crippen molar-refractivity contribution in [3.05, 3.63) is 48.2 Å². The molecule has 1 aromatic heterocycles. The Hall–Kier alpha value is -3.11. The molecule has 0 fully saturated rings. The summed E-state index contributed by atoms with van der Waals surface area (Å²) in [5, 5.41) is 2.70. The van der Waals surface area contributed by atoms with E-state index in [0.717, 1.165) is 12.1 Å². The van der Waals surface area contributed by atoms with Crippen LogP contribution in [0, 0.1) is 0 Å². The molecular formula is C16H15F5N4O2. The number of nitrogens with two attached hydrogens (primary N) is 1. The molecule has 11 heteroatoms. The van der Waals surface area contributed by atoms with Crippen LogP contribution in [0.2, 0.25) is 0 Å². The van der Waals surface area contributed by atoms with Gasteiger partial charge in [0.1, 0.15) is 5.75 Å². The number of nitrogens with one attached hydrogen (secondary N) is 1. The maximum atomic E-state index is 12.1. The number of nitrogens with zero attached hydrogens (tertiary/aromatic N) is 2. The van der Waals surface area contributed by atoms with Crippen molar-refractivity contribution in [1.82, 2.24) is 4.98 Å². The molecule has 0 aliphatic heterocycles. The minimum absolute atomic E-state index is 0.00588. The van der Waals surface area contributed by atoms with Gasteiger partial charge in [0.15, 0.2) is 12.6 Å². The Bertz CT molecular complexity index is 766. The number of halogens is 5. The first-order valence-corrected chi connectivity index (χ1v) is 7.50. The average molecular weight is 390 g/mol. The van der Waals surface area contributed by atoms with Gasteiger partial charge in [0.25, 0.3) is 6.43 Å². The predicted octanol–water partition coefficient (Wildman–Crippen LogP) is 3.55. The summed E-state index contributed by atoms with van der Waals surface area (Å²) in [6, 6.07) is 7.98. The summed E-state index contributed by atoms with van der Waals surface area (Å²) in [5.41, 5.74) is 6.73. The van der Waals surface area contributed by atoms with Crippen molar-refractivity contribution in [1.29, 1.82) is 0 Å². The number of aliphatic imine (C=N–C) groups is 1. The second-order valence-corrected chi connectivity index (χ2v) is 5.10. The van der Waals surface area contributed by atoms with Gasteiger partial charge in [-0.3, -0.25) is 0 Å². The Morgan fingerprint density at radius 3 is 2.52 bits per heavy atom. The normalized spacial score (nSPS) is 12.1. The molecule has 0 spiro atoms. The summed E-state index contributed by atoms with van der Waals surface area (Å²) in [6.07, 6.45) is -5.99. The van der Waals surface area contributed by atoms with Crippen molar-refractivity contribution in [3.63, 3.8) is 0 Å². The first-order valence-electron chi connectivity index (χ1n) is 7.50. The molecule has 27 heavy (non-hydrogen) atoms. The third kappa shape index (κ3) is 7.75. The van der Waals surface area contributed by atoms with Gasteiger partial charge in [0.05, 0.1) is 6.54 Å². The highest BCUT2D eigenvalue weighted by atomic mass is 19.4. The zero-order chi connectivity index (χ0) is 19.9.